The van der Waals surface area contributed by atoms with Gasteiger partial charge in [0, 0.05) is 11.8 Å². The number of benzene rings is 2. The molecule has 0 saturated heterocycles. The van der Waals surface area contributed by atoms with Gasteiger partial charge in [0.05, 0.1) is 27.9 Å². The van der Waals surface area contributed by atoms with E-state index in [4.69, 9.17) is 14.2 Å². The number of methoxy groups -OCH3 is 3. The normalized spacial score (nSPS) is 10.2. The molecule has 3 aromatic rings. The van der Waals surface area contributed by atoms with E-state index in [1.165, 1.54) is 0 Å². The highest BCUT2D eigenvalue weighted by Gasteiger charge is 2.20. The van der Waals surface area contributed by atoms with E-state index in [1.54, 1.807) is 62.8 Å². The maximum atomic E-state index is 13.3. The molecule has 0 aliphatic heterocycles. The van der Waals surface area contributed by atoms with Crippen molar-refractivity contribution < 1.29 is 19.0 Å². The quantitative estimate of drug-likeness (QED) is 0.623. The van der Waals surface area contributed by atoms with Crippen molar-refractivity contribution in [3.8, 4) is 17.2 Å². The number of ether oxygens (including phenoxy) is 3. The number of carbonyl (C=O) groups excluding carboxylic acids is 1. The molecule has 2 aromatic carbocycles. The zero-order chi connectivity index (χ0) is 19.9. The van der Waals surface area contributed by atoms with Gasteiger partial charge >= 0.3 is 0 Å². The first-order valence-electron chi connectivity index (χ1n) is 8.74. The van der Waals surface area contributed by atoms with Crippen LogP contribution in [0.2, 0.25) is 0 Å². The molecule has 0 bridgehead atoms. The molecular formula is C22H22N2O4. The van der Waals surface area contributed by atoms with E-state index >= 15 is 0 Å². The molecule has 6 nitrogen and oxygen atoms in total. The second-order valence-electron chi connectivity index (χ2n) is 6.00. The van der Waals surface area contributed by atoms with Crippen molar-refractivity contribution in [2.75, 3.05) is 26.2 Å². The van der Waals surface area contributed by atoms with Crippen LogP contribution in [0.5, 0.6) is 17.2 Å². The number of hydrogen-bond donors (Lipinski definition) is 0. The Morgan fingerprint density at radius 2 is 1.71 bits per heavy atom. The predicted octanol–water partition coefficient (Wildman–Crippen LogP) is 3.95. The molecule has 1 heterocycles. The molecule has 0 atom stereocenters. The number of hydrogen-bond acceptors (Lipinski definition) is 5. The van der Waals surface area contributed by atoms with Gasteiger partial charge in [0.1, 0.15) is 11.6 Å². The number of nitrogens with zero attached hydrogens (tertiary/aromatic N) is 2. The lowest BCUT2D eigenvalue weighted by Gasteiger charge is -2.22. The molecular weight excluding hydrogens is 356 g/mol. The summed E-state index contributed by atoms with van der Waals surface area (Å²) in [5, 5.41) is 0. The number of pyridine rings is 1. The minimum absolute atomic E-state index is 0.174. The molecule has 0 unspecified atom stereocenters. The van der Waals surface area contributed by atoms with E-state index in [0.29, 0.717) is 35.2 Å². The van der Waals surface area contributed by atoms with Crippen molar-refractivity contribution in [2.24, 2.45) is 0 Å². The van der Waals surface area contributed by atoms with E-state index in [1.807, 2.05) is 30.3 Å². The van der Waals surface area contributed by atoms with Gasteiger partial charge in [0.15, 0.2) is 11.5 Å². The van der Waals surface area contributed by atoms with Crippen LogP contribution in [0.25, 0.3) is 0 Å². The van der Waals surface area contributed by atoms with Gasteiger partial charge in [-0.2, -0.15) is 0 Å². The van der Waals surface area contributed by atoms with Crippen molar-refractivity contribution in [2.45, 2.75) is 6.54 Å². The molecule has 0 radical (unpaired) electrons. The first-order chi connectivity index (χ1) is 13.7. The molecule has 0 aliphatic rings. The fraction of sp³-hybridized carbons (Fsp3) is 0.182. The van der Waals surface area contributed by atoms with Gasteiger partial charge in [0.2, 0.25) is 0 Å². The fourth-order valence-electron chi connectivity index (χ4n) is 2.84. The zero-order valence-corrected chi connectivity index (χ0v) is 16.1. The van der Waals surface area contributed by atoms with E-state index in [-0.39, 0.29) is 5.91 Å². The lowest BCUT2D eigenvalue weighted by Crippen LogP contribution is -2.31. The SMILES string of the molecule is COc1cccc(C(=O)N(Cc2ccc(OC)c(OC)c2)c2ccccn2)c1. The summed E-state index contributed by atoms with van der Waals surface area (Å²) in [6, 6.07) is 18.1. The van der Waals surface area contributed by atoms with Gasteiger partial charge in [-0.05, 0) is 48.0 Å². The van der Waals surface area contributed by atoms with E-state index in [0.717, 1.165) is 5.56 Å². The van der Waals surface area contributed by atoms with Crippen LogP contribution in [0.4, 0.5) is 5.82 Å². The molecule has 1 amide bonds. The van der Waals surface area contributed by atoms with Crippen molar-refractivity contribution in [1.82, 2.24) is 4.98 Å². The van der Waals surface area contributed by atoms with Crippen molar-refractivity contribution in [3.05, 3.63) is 78.0 Å². The Morgan fingerprint density at radius 3 is 2.39 bits per heavy atom. The second kappa shape index (κ2) is 8.90. The van der Waals surface area contributed by atoms with E-state index in [2.05, 4.69) is 4.98 Å². The average Bonchev–Trinajstić information content (AvgIpc) is 2.77. The minimum atomic E-state index is -0.174. The van der Waals surface area contributed by atoms with Gasteiger partial charge in [-0.3, -0.25) is 9.69 Å². The van der Waals surface area contributed by atoms with Crippen LogP contribution < -0.4 is 19.1 Å². The molecule has 3 rings (SSSR count). The summed E-state index contributed by atoms with van der Waals surface area (Å²) >= 11 is 0. The third-order valence-corrected chi connectivity index (χ3v) is 4.28. The Balaban J connectivity index is 1.97. The van der Waals surface area contributed by atoms with Crippen LogP contribution in [-0.4, -0.2) is 32.2 Å². The third kappa shape index (κ3) is 4.23. The van der Waals surface area contributed by atoms with Gasteiger partial charge in [-0.1, -0.05) is 18.2 Å². The Hall–Kier alpha value is -3.54. The summed E-state index contributed by atoms with van der Waals surface area (Å²) in [6.07, 6.45) is 1.66. The predicted molar refractivity (Wildman–Crippen MR) is 107 cm³/mol. The lowest BCUT2D eigenvalue weighted by atomic mass is 10.1. The third-order valence-electron chi connectivity index (χ3n) is 4.28. The number of anilines is 1. The average molecular weight is 378 g/mol. The van der Waals surface area contributed by atoms with E-state index in [9.17, 15) is 4.79 Å². The van der Waals surface area contributed by atoms with Crippen molar-refractivity contribution in [1.29, 1.82) is 0 Å². The molecule has 0 N–H and O–H groups in total. The largest absolute Gasteiger partial charge is 0.497 e. The highest BCUT2D eigenvalue weighted by Crippen LogP contribution is 2.29. The highest BCUT2D eigenvalue weighted by atomic mass is 16.5. The summed E-state index contributed by atoms with van der Waals surface area (Å²) in [4.78, 5) is 19.2. The highest BCUT2D eigenvalue weighted by molar-refractivity contribution is 6.05. The maximum Gasteiger partial charge on any atom is 0.259 e. The van der Waals surface area contributed by atoms with Crippen LogP contribution in [0.15, 0.2) is 66.9 Å². The Kier molecular flexibility index (Phi) is 6.11. The standard InChI is InChI=1S/C22H22N2O4/c1-26-18-8-6-7-17(14-18)22(25)24(21-9-4-5-12-23-21)15-16-10-11-19(27-2)20(13-16)28-3/h4-14H,15H2,1-3H3. The molecule has 144 valence electrons. The minimum Gasteiger partial charge on any atom is -0.497 e. The van der Waals surface area contributed by atoms with Gasteiger partial charge in [-0.25, -0.2) is 4.98 Å². The second-order valence-corrected chi connectivity index (χ2v) is 6.00. The summed E-state index contributed by atoms with van der Waals surface area (Å²) in [6.45, 7) is 0.327. The van der Waals surface area contributed by atoms with Gasteiger partial charge < -0.3 is 14.2 Å². The molecule has 0 aliphatic carbocycles. The summed E-state index contributed by atoms with van der Waals surface area (Å²) in [5.74, 6) is 2.25. The number of carbonyl (C=O) groups is 1. The van der Waals surface area contributed by atoms with Crippen molar-refractivity contribution in [3.63, 3.8) is 0 Å². The zero-order valence-electron chi connectivity index (χ0n) is 16.1. The summed E-state index contributed by atoms with van der Waals surface area (Å²) in [7, 11) is 4.74. The van der Waals surface area contributed by atoms with Gasteiger partial charge in [0.25, 0.3) is 5.91 Å². The van der Waals surface area contributed by atoms with Crippen LogP contribution in [-0.2, 0) is 6.54 Å². The number of rotatable bonds is 7. The van der Waals surface area contributed by atoms with Gasteiger partial charge in [-0.15, -0.1) is 0 Å². The smallest absolute Gasteiger partial charge is 0.259 e. The molecule has 1 aromatic heterocycles. The monoisotopic (exact) mass is 378 g/mol. The van der Waals surface area contributed by atoms with Crippen LogP contribution in [0, 0.1) is 0 Å². The van der Waals surface area contributed by atoms with E-state index < -0.39 is 0 Å². The summed E-state index contributed by atoms with van der Waals surface area (Å²) < 4.78 is 15.9. The Labute approximate surface area is 164 Å². The first kappa shape index (κ1) is 19.2. The number of aromatic nitrogens is 1. The molecule has 6 heteroatoms. The topological polar surface area (TPSA) is 60.9 Å². The summed E-state index contributed by atoms with van der Waals surface area (Å²) in [5.41, 5.74) is 1.41. The number of amides is 1. The Morgan fingerprint density at radius 1 is 0.893 bits per heavy atom. The fourth-order valence-corrected chi connectivity index (χ4v) is 2.84. The molecule has 28 heavy (non-hydrogen) atoms. The molecule has 0 fully saturated rings. The van der Waals surface area contributed by atoms with Crippen LogP contribution in [0.1, 0.15) is 15.9 Å². The lowest BCUT2D eigenvalue weighted by molar-refractivity contribution is 0.0984. The van der Waals surface area contributed by atoms with Crippen LogP contribution in [0.3, 0.4) is 0 Å². The first-order valence-corrected chi connectivity index (χ1v) is 8.74. The Bertz CT molecular complexity index is 944. The molecule has 0 spiro atoms. The molecule has 0 saturated carbocycles. The van der Waals surface area contributed by atoms with Crippen molar-refractivity contribution >= 4 is 11.7 Å². The van der Waals surface area contributed by atoms with Crippen LogP contribution >= 0.6 is 0 Å². The maximum absolute atomic E-state index is 13.3.